The minimum atomic E-state index is -0.772. The Morgan fingerprint density at radius 3 is 2.50 bits per heavy atom. The maximum atomic E-state index is 13.4. The van der Waals surface area contributed by atoms with Crippen molar-refractivity contribution >= 4 is 11.6 Å². The zero-order valence-electron chi connectivity index (χ0n) is 11.1. The number of carbonyl (C=O) groups excluding carboxylic acids is 1. The molecule has 0 bridgehead atoms. The summed E-state index contributed by atoms with van der Waals surface area (Å²) >= 11 is 0. The van der Waals surface area contributed by atoms with Crippen LogP contribution in [0, 0.1) is 11.6 Å². The van der Waals surface area contributed by atoms with E-state index in [0.29, 0.717) is 0 Å². The standard InChI is InChI=1S/C16H15F2NO/c1-11(12-5-3-2-4-6-12)9-16(20)19-15-8-7-13(17)10-14(15)18/h2-8,10-11H,9H2,1H3,(H,19,20)/t11-/m0/s1. The predicted molar refractivity (Wildman–Crippen MR) is 74.5 cm³/mol. The van der Waals surface area contributed by atoms with Gasteiger partial charge in [-0.15, -0.1) is 0 Å². The van der Waals surface area contributed by atoms with Crippen LogP contribution in [0.2, 0.25) is 0 Å². The van der Waals surface area contributed by atoms with Crippen LogP contribution in [0.1, 0.15) is 24.8 Å². The van der Waals surface area contributed by atoms with E-state index in [-0.39, 0.29) is 23.9 Å². The summed E-state index contributed by atoms with van der Waals surface area (Å²) < 4.78 is 26.2. The highest BCUT2D eigenvalue weighted by Crippen LogP contribution is 2.20. The summed E-state index contributed by atoms with van der Waals surface area (Å²) in [5.41, 5.74) is 1.04. The van der Waals surface area contributed by atoms with Crippen molar-refractivity contribution in [3.63, 3.8) is 0 Å². The molecule has 0 aliphatic rings. The van der Waals surface area contributed by atoms with Gasteiger partial charge in [0.15, 0.2) is 0 Å². The number of nitrogens with one attached hydrogen (secondary N) is 1. The van der Waals surface area contributed by atoms with Gasteiger partial charge in [0.05, 0.1) is 5.69 Å². The molecule has 0 heterocycles. The van der Waals surface area contributed by atoms with Gasteiger partial charge in [-0.05, 0) is 23.6 Å². The van der Waals surface area contributed by atoms with E-state index < -0.39 is 11.6 Å². The number of benzene rings is 2. The van der Waals surface area contributed by atoms with E-state index in [4.69, 9.17) is 0 Å². The Bertz CT molecular complexity index is 599. The smallest absolute Gasteiger partial charge is 0.225 e. The van der Waals surface area contributed by atoms with Crippen LogP contribution in [0.3, 0.4) is 0 Å². The van der Waals surface area contributed by atoms with Crippen molar-refractivity contribution < 1.29 is 13.6 Å². The number of rotatable bonds is 4. The maximum absolute atomic E-state index is 13.4. The molecule has 2 rings (SSSR count). The summed E-state index contributed by atoms with van der Waals surface area (Å²) in [6.45, 7) is 1.93. The fourth-order valence-corrected chi connectivity index (χ4v) is 1.97. The van der Waals surface area contributed by atoms with Crippen molar-refractivity contribution in [3.05, 3.63) is 65.7 Å². The lowest BCUT2D eigenvalue weighted by atomic mass is 9.97. The zero-order valence-corrected chi connectivity index (χ0v) is 11.1. The molecule has 0 radical (unpaired) electrons. The third-order valence-corrected chi connectivity index (χ3v) is 3.07. The Morgan fingerprint density at radius 1 is 1.15 bits per heavy atom. The lowest BCUT2D eigenvalue weighted by Gasteiger charge is -2.12. The van der Waals surface area contributed by atoms with Crippen LogP contribution in [0.25, 0.3) is 0 Å². The SMILES string of the molecule is C[C@@H](CC(=O)Nc1ccc(F)cc1F)c1ccccc1. The van der Waals surface area contributed by atoms with Crippen LogP contribution >= 0.6 is 0 Å². The second-order valence-electron chi connectivity index (χ2n) is 4.69. The minimum absolute atomic E-state index is 0.00309. The van der Waals surface area contributed by atoms with E-state index in [1.165, 1.54) is 6.07 Å². The molecule has 0 aliphatic heterocycles. The van der Waals surface area contributed by atoms with Gasteiger partial charge in [0.2, 0.25) is 5.91 Å². The third kappa shape index (κ3) is 3.63. The Balaban J connectivity index is 1.99. The van der Waals surface area contributed by atoms with Crippen LogP contribution in [0.4, 0.5) is 14.5 Å². The monoisotopic (exact) mass is 275 g/mol. The molecule has 0 saturated heterocycles. The van der Waals surface area contributed by atoms with Gasteiger partial charge in [0.25, 0.3) is 0 Å². The second-order valence-corrected chi connectivity index (χ2v) is 4.69. The van der Waals surface area contributed by atoms with Crippen molar-refractivity contribution in [2.45, 2.75) is 19.3 Å². The number of carbonyl (C=O) groups is 1. The molecule has 0 spiro atoms. The zero-order chi connectivity index (χ0) is 14.5. The lowest BCUT2D eigenvalue weighted by molar-refractivity contribution is -0.116. The Morgan fingerprint density at radius 2 is 1.85 bits per heavy atom. The molecule has 0 unspecified atom stereocenters. The summed E-state index contributed by atoms with van der Waals surface area (Å²) in [6, 6.07) is 12.7. The quantitative estimate of drug-likeness (QED) is 0.894. The first kappa shape index (κ1) is 14.2. The largest absolute Gasteiger partial charge is 0.324 e. The fourth-order valence-electron chi connectivity index (χ4n) is 1.97. The van der Waals surface area contributed by atoms with E-state index in [9.17, 15) is 13.6 Å². The van der Waals surface area contributed by atoms with Gasteiger partial charge < -0.3 is 5.32 Å². The van der Waals surface area contributed by atoms with Crippen molar-refractivity contribution in [1.29, 1.82) is 0 Å². The molecule has 104 valence electrons. The fraction of sp³-hybridized carbons (Fsp3) is 0.188. The first-order chi connectivity index (χ1) is 9.56. The Labute approximate surface area is 116 Å². The van der Waals surface area contributed by atoms with Gasteiger partial charge in [-0.1, -0.05) is 37.3 Å². The van der Waals surface area contributed by atoms with Crippen LogP contribution in [-0.4, -0.2) is 5.91 Å². The normalized spacial score (nSPS) is 11.9. The van der Waals surface area contributed by atoms with Crippen molar-refractivity contribution in [3.8, 4) is 0 Å². The first-order valence-corrected chi connectivity index (χ1v) is 6.36. The molecular formula is C16H15F2NO. The molecule has 2 aromatic rings. The molecular weight excluding hydrogens is 260 g/mol. The summed E-state index contributed by atoms with van der Waals surface area (Å²) in [5, 5.41) is 2.46. The number of anilines is 1. The summed E-state index contributed by atoms with van der Waals surface area (Å²) in [4.78, 5) is 11.9. The van der Waals surface area contributed by atoms with Gasteiger partial charge in [0, 0.05) is 12.5 Å². The van der Waals surface area contributed by atoms with Crippen molar-refractivity contribution in [2.24, 2.45) is 0 Å². The predicted octanol–water partition coefficient (Wildman–Crippen LogP) is 4.10. The van der Waals surface area contributed by atoms with Crippen LogP contribution in [0.15, 0.2) is 48.5 Å². The first-order valence-electron chi connectivity index (χ1n) is 6.36. The molecule has 2 aromatic carbocycles. The molecule has 0 fully saturated rings. The van der Waals surface area contributed by atoms with E-state index in [1.54, 1.807) is 0 Å². The topological polar surface area (TPSA) is 29.1 Å². The average Bonchev–Trinajstić information content (AvgIpc) is 2.43. The molecule has 0 aromatic heterocycles. The third-order valence-electron chi connectivity index (χ3n) is 3.07. The van der Waals surface area contributed by atoms with Crippen LogP contribution < -0.4 is 5.32 Å². The molecule has 1 atom stereocenters. The highest BCUT2D eigenvalue weighted by molar-refractivity contribution is 5.91. The van der Waals surface area contributed by atoms with Crippen LogP contribution in [-0.2, 0) is 4.79 Å². The van der Waals surface area contributed by atoms with Gasteiger partial charge >= 0.3 is 0 Å². The molecule has 1 amide bonds. The number of hydrogen-bond acceptors (Lipinski definition) is 1. The lowest BCUT2D eigenvalue weighted by Crippen LogP contribution is -2.15. The van der Waals surface area contributed by atoms with Crippen LogP contribution in [0.5, 0.6) is 0 Å². The molecule has 2 nitrogen and oxygen atoms in total. The van der Waals surface area contributed by atoms with Gasteiger partial charge in [-0.3, -0.25) is 4.79 Å². The Kier molecular flexibility index (Phi) is 4.45. The van der Waals surface area contributed by atoms with E-state index in [2.05, 4.69) is 5.32 Å². The van der Waals surface area contributed by atoms with E-state index in [1.807, 2.05) is 37.3 Å². The summed E-state index contributed by atoms with van der Waals surface area (Å²) in [5.74, 6) is -1.71. The van der Waals surface area contributed by atoms with Gasteiger partial charge in [-0.2, -0.15) is 0 Å². The highest BCUT2D eigenvalue weighted by atomic mass is 19.1. The second kappa shape index (κ2) is 6.28. The maximum Gasteiger partial charge on any atom is 0.225 e. The number of halogens is 2. The highest BCUT2D eigenvalue weighted by Gasteiger charge is 2.13. The van der Waals surface area contributed by atoms with Gasteiger partial charge in [-0.25, -0.2) is 8.78 Å². The molecule has 1 N–H and O–H groups in total. The molecule has 0 aliphatic carbocycles. The number of amides is 1. The number of hydrogen-bond donors (Lipinski definition) is 1. The molecule has 20 heavy (non-hydrogen) atoms. The average molecular weight is 275 g/mol. The van der Waals surface area contributed by atoms with Gasteiger partial charge in [0.1, 0.15) is 11.6 Å². The summed E-state index contributed by atoms with van der Waals surface area (Å²) in [6.07, 6.45) is 0.237. The van der Waals surface area contributed by atoms with E-state index >= 15 is 0 Å². The Hall–Kier alpha value is -2.23. The molecule has 0 saturated carbocycles. The van der Waals surface area contributed by atoms with E-state index in [0.717, 1.165) is 17.7 Å². The summed E-state index contributed by atoms with van der Waals surface area (Å²) in [7, 11) is 0. The minimum Gasteiger partial charge on any atom is -0.324 e. The molecule has 4 heteroatoms. The van der Waals surface area contributed by atoms with Crippen molar-refractivity contribution in [1.82, 2.24) is 0 Å². The van der Waals surface area contributed by atoms with Crippen molar-refractivity contribution in [2.75, 3.05) is 5.32 Å².